The van der Waals surface area contributed by atoms with Crippen LogP contribution in [-0.2, 0) is 11.3 Å². The van der Waals surface area contributed by atoms with Crippen LogP contribution in [0.15, 0.2) is 12.1 Å². The van der Waals surface area contributed by atoms with E-state index in [1.54, 1.807) is 6.07 Å². The summed E-state index contributed by atoms with van der Waals surface area (Å²) in [6, 6.07) is 3.71. The minimum Gasteiger partial charge on any atom is -0.464 e. The van der Waals surface area contributed by atoms with Crippen LogP contribution in [0.4, 0.5) is 0 Å². The molecule has 1 aliphatic rings. The van der Waals surface area contributed by atoms with Crippen molar-refractivity contribution in [1.29, 1.82) is 0 Å². The van der Waals surface area contributed by atoms with Crippen molar-refractivity contribution in [2.45, 2.75) is 43.4 Å². The Kier molecular flexibility index (Phi) is 5.54. The molecule has 0 bridgehead atoms. The fraction of sp³-hybridized carbons (Fsp3) is 0.667. The highest BCUT2D eigenvalue weighted by Crippen LogP contribution is 2.37. The third-order valence-corrected chi connectivity index (χ3v) is 5.53. The number of H-pyrrole nitrogens is 1. The quantitative estimate of drug-likeness (QED) is 0.793. The van der Waals surface area contributed by atoms with Gasteiger partial charge in [-0.3, -0.25) is 0 Å². The van der Waals surface area contributed by atoms with Crippen LogP contribution in [0.2, 0.25) is 0 Å². The van der Waals surface area contributed by atoms with Gasteiger partial charge in [0, 0.05) is 23.5 Å². The van der Waals surface area contributed by atoms with Crippen LogP contribution in [0.5, 0.6) is 0 Å². The van der Waals surface area contributed by atoms with E-state index in [0.717, 1.165) is 18.8 Å². The highest BCUT2D eigenvalue weighted by molar-refractivity contribution is 8.00. The minimum atomic E-state index is -0.316. The van der Waals surface area contributed by atoms with Crippen molar-refractivity contribution in [2.24, 2.45) is 0 Å². The van der Waals surface area contributed by atoms with Crippen LogP contribution in [0.25, 0.3) is 0 Å². The van der Waals surface area contributed by atoms with Crippen LogP contribution in [0, 0.1) is 0 Å². The Balaban J connectivity index is 1.82. The molecule has 20 heavy (non-hydrogen) atoms. The van der Waals surface area contributed by atoms with Crippen molar-refractivity contribution in [3.8, 4) is 0 Å². The maximum Gasteiger partial charge on any atom is 0.354 e. The molecular formula is C15H24N2O2S. The summed E-state index contributed by atoms with van der Waals surface area (Å²) in [7, 11) is 1.40. The molecule has 1 saturated carbocycles. The topological polar surface area (TPSA) is 54.1 Å². The van der Waals surface area contributed by atoms with Crippen molar-refractivity contribution in [3.05, 3.63) is 23.5 Å². The zero-order valence-corrected chi connectivity index (χ0v) is 13.1. The van der Waals surface area contributed by atoms with E-state index in [9.17, 15) is 4.79 Å². The molecular weight excluding hydrogens is 272 g/mol. The Morgan fingerprint density at radius 1 is 1.40 bits per heavy atom. The molecule has 2 rings (SSSR count). The van der Waals surface area contributed by atoms with Crippen molar-refractivity contribution in [1.82, 2.24) is 10.3 Å². The van der Waals surface area contributed by atoms with Crippen molar-refractivity contribution in [2.75, 3.05) is 19.9 Å². The van der Waals surface area contributed by atoms with Gasteiger partial charge in [-0.05, 0) is 31.2 Å². The first-order chi connectivity index (χ1) is 9.69. The van der Waals surface area contributed by atoms with Gasteiger partial charge in [0.05, 0.1) is 7.11 Å². The summed E-state index contributed by atoms with van der Waals surface area (Å²) >= 11 is 2.00. The number of aromatic nitrogens is 1. The van der Waals surface area contributed by atoms with E-state index in [1.165, 1.54) is 39.2 Å². The summed E-state index contributed by atoms with van der Waals surface area (Å²) in [5.74, 6) is -0.316. The van der Waals surface area contributed by atoms with Crippen molar-refractivity contribution in [3.63, 3.8) is 0 Å². The van der Waals surface area contributed by atoms with Gasteiger partial charge in [0.2, 0.25) is 0 Å². The van der Waals surface area contributed by atoms with Gasteiger partial charge in [0.1, 0.15) is 5.69 Å². The van der Waals surface area contributed by atoms with Gasteiger partial charge in [0.15, 0.2) is 0 Å². The predicted molar refractivity (Wildman–Crippen MR) is 83.2 cm³/mol. The summed E-state index contributed by atoms with van der Waals surface area (Å²) in [4.78, 5) is 14.5. The standard InChI is InChI=1S/C15H24N2O2S/c1-19-14(18)13-7-6-12(17-13)10-16-11-15(20-2)8-4-3-5-9-15/h6-7,16-17H,3-5,8-11H2,1-2H3. The molecule has 0 aromatic carbocycles. The second-order valence-corrected chi connectivity index (χ2v) is 6.71. The molecule has 0 spiro atoms. The SMILES string of the molecule is COC(=O)c1ccc(CNCC2(SC)CCCCC2)[nH]1. The van der Waals surface area contributed by atoms with Gasteiger partial charge in [0.25, 0.3) is 0 Å². The first-order valence-corrected chi connectivity index (χ1v) is 8.44. The van der Waals surface area contributed by atoms with E-state index >= 15 is 0 Å². The third-order valence-electron chi connectivity index (χ3n) is 4.11. The molecule has 1 heterocycles. The number of hydrogen-bond acceptors (Lipinski definition) is 4. The van der Waals surface area contributed by atoms with E-state index in [4.69, 9.17) is 0 Å². The first-order valence-electron chi connectivity index (χ1n) is 7.21. The monoisotopic (exact) mass is 296 g/mol. The zero-order chi connectivity index (χ0) is 14.4. The summed E-state index contributed by atoms with van der Waals surface area (Å²) in [6.45, 7) is 1.79. The molecule has 0 amide bonds. The second-order valence-electron chi connectivity index (χ2n) is 5.44. The molecule has 1 aromatic heterocycles. The molecule has 0 atom stereocenters. The number of esters is 1. The number of methoxy groups -OCH3 is 1. The zero-order valence-electron chi connectivity index (χ0n) is 12.3. The summed E-state index contributed by atoms with van der Waals surface area (Å²) in [5, 5.41) is 3.53. The molecule has 4 nitrogen and oxygen atoms in total. The first kappa shape index (κ1) is 15.4. The Morgan fingerprint density at radius 2 is 2.15 bits per heavy atom. The summed E-state index contributed by atoms with van der Waals surface area (Å²) < 4.78 is 5.09. The molecule has 1 aromatic rings. The van der Waals surface area contributed by atoms with Crippen LogP contribution in [-0.4, -0.2) is 35.6 Å². The number of nitrogens with one attached hydrogen (secondary N) is 2. The van der Waals surface area contributed by atoms with Crippen LogP contribution in [0.1, 0.15) is 48.3 Å². The highest BCUT2D eigenvalue weighted by Gasteiger charge is 2.30. The lowest BCUT2D eigenvalue weighted by atomic mass is 9.88. The van der Waals surface area contributed by atoms with E-state index in [-0.39, 0.29) is 5.97 Å². The summed E-state index contributed by atoms with van der Waals surface area (Å²) in [5.41, 5.74) is 1.54. The van der Waals surface area contributed by atoms with Crippen molar-refractivity contribution < 1.29 is 9.53 Å². The van der Waals surface area contributed by atoms with E-state index in [1.807, 2.05) is 17.8 Å². The fourth-order valence-corrected chi connectivity index (χ4v) is 3.79. The smallest absolute Gasteiger partial charge is 0.354 e. The normalized spacial score (nSPS) is 17.9. The van der Waals surface area contributed by atoms with Gasteiger partial charge < -0.3 is 15.0 Å². The van der Waals surface area contributed by atoms with E-state index < -0.39 is 0 Å². The van der Waals surface area contributed by atoms with Gasteiger partial charge >= 0.3 is 5.97 Å². The third kappa shape index (κ3) is 3.79. The number of rotatable bonds is 6. The van der Waals surface area contributed by atoms with E-state index in [2.05, 4.69) is 21.3 Å². The Hall–Kier alpha value is -0.940. The molecule has 112 valence electrons. The Labute approximate surface area is 125 Å². The van der Waals surface area contributed by atoms with Crippen molar-refractivity contribution >= 4 is 17.7 Å². The molecule has 1 aliphatic carbocycles. The van der Waals surface area contributed by atoms with Crippen LogP contribution in [0.3, 0.4) is 0 Å². The number of carbonyl (C=O) groups excluding carboxylic acids is 1. The Morgan fingerprint density at radius 3 is 2.80 bits per heavy atom. The van der Waals surface area contributed by atoms with Gasteiger partial charge in [-0.1, -0.05) is 19.3 Å². The molecule has 0 saturated heterocycles. The van der Waals surface area contributed by atoms with Crippen LogP contribution < -0.4 is 5.32 Å². The molecule has 0 aliphatic heterocycles. The average molecular weight is 296 g/mol. The van der Waals surface area contributed by atoms with E-state index in [0.29, 0.717) is 10.4 Å². The van der Waals surface area contributed by atoms with Gasteiger partial charge in [-0.25, -0.2) is 4.79 Å². The molecule has 0 radical (unpaired) electrons. The number of aromatic amines is 1. The lowest BCUT2D eigenvalue weighted by molar-refractivity contribution is 0.0594. The number of thioether (sulfide) groups is 1. The molecule has 0 unspecified atom stereocenters. The Bertz CT molecular complexity index is 439. The predicted octanol–water partition coefficient (Wildman–Crippen LogP) is 2.96. The lowest BCUT2D eigenvalue weighted by Gasteiger charge is -2.36. The molecule has 5 heteroatoms. The van der Waals surface area contributed by atoms with Gasteiger partial charge in [-0.2, -0.15) is 11.8 Å². The molecule has 2 N–H and O–H groups in total. The maximum absolute atomic E-state index is 11.4. The fourth-order valence-electron chi connectivity index (χ4n) is 2.85. The average Bonchev–Trinajstić information content (AvgIpc) is 2.96. The van der Waals surface area contributed by atoms with Crippen LogP contribution >= 0.6 is 11.8 Å². The largest absolute Gasteiger partial charge is 0.464 e. The number of hydrogen-bond donors (Lipinski definition) is 2. The summed E-state index contributed by atoms with van der Waals surface area (Å²) in [6.07, 6.45) is 8.89. The van der Waals surface area contributed by atoms with Gasteiger partial charge in [-0.15, -0.1) is 0 Å². The lowest BCUT2D eigenvalue weighted by Crippen LogP contribution is -2.39. The second kappa shape index (κ2) is 7.18. The minimum absolute atomic E-state index is 0.316. The number of carbonyl (C=O) groups is 1. The highest BCUT2D eigenvalue weighted by atomic mass is 32.2. The molecule has 1 fully saturated rings. The maximum atomic E-state index is 11.4. The number of ether oxygens (including phenoxy) is 1.